The summed E-state index contributed by atoms with van der Waals surface area (Å²) >= 11 is 5.05. The van der Waals surface area contributed by atoms with Crippen molar-refractivity contribution >= 4 is 46.8 Å². The van der Waals surface area contributed by atoms with E-state index in [0.29, 0.717) is 5.69 Å². The van der Waals surface area contributed by atoms with Gasteiger partial charge in [0, 0.05) is 0 Å². The molecule has 1 aliphatic rings. The van der Waals surface area contributed by atoms with Crippen molar-refractivity contribution < 1.29 is 18.9 Å². The van der Waals surface area contributed by atoms with Gasteiger partial charge in [-0.1, -0.05) is 18.2 Å². The lowest BCUT2D eigenvalue weighted by atomic mass is 10.1. The van der Waals surface area contributed by atoms with Crippen LogP contribution in [0.5, 0.6) is 0 Å². The lowest BCUT2D eigenvalue weighted by Crippen LogP contribution is -2.54. The molecular weight excluding hydrogens is 334 g/mol. The Hall–Kier alpha value is -3.33. The second-order valence-corrected chi connectivity index (χ2v) is 5.11. The van der Waals surface area contributed by atoms with Gasteiger partial charge >= 0.3 is 5.88 Å². The number of carbonyl (C=O) groups is 2. The molecule has 0 unspecified atom stereocenters. The van der Waals surface area contributed by atoms with E-state index >= 15 is 0 Å². The smallest absolute Gasteiger partial charge is 0.401 e. The van der Waals surface area contributed by atoms with Gasteiger partial charge in [0.05, 0.1) is 11.8 Å². The van der Waals surface area contributed by atoms with Crippen LogP contribution in [-0.4, -0.2) is 21.9 Å². The first-order valence-corrected chi connectivity index (χ1v) is 7.09. The molecule has 0 bridgehead atoms. The highest BCUT2D eigenvalue weighted by Gasteiger charge is 2.34. The molecule has 0 spiro atoms. The molecule has 1 aliphatic heterocycles. The number of nitrogens with zero attached hydrogens (tertiary/aromatic N) is 2. The summed E-state index contributed by atoms with van der Waals surface area (Å²) in [6, 6.07) is 11.0. The molecule has 24 heavy (non-hydrogen) atoms. The number of carbonyl (C=O) groups excluding carboxylic acids is 2. The van der Waals surface area contributed by atoms with Gasteiger partial charge in [-0.25, -0.2) is 0 Å². The Kier molecular flexibility index (Phi) is 3.92. The van der Waals surface area contributed by atoms with E-state index in [1.807, 2.05) is 0 Å². The number of hydrogen-bond donors (Lipinski definition) is 1. The second-order valence-electron chi connectivity index (χ2n) is 4.73. The highest BCUT2D eigenvalue weighted by atomic mass is 32.1. The molecule has 0 radical (unpaired) electrons. The van der Waals surface area contributed by atoms with Crippen molar-refractivity contribution in [3.8, 4) is 0 Å². The fourth-order valence-electron chi connectivity index (χ4n) is 2.13. The Labute approximate surface area is 140 Å². The van der Waals surface area contributed by atoms with Crippen LogP contribution in [0.4, 0.5) is 11.6 Å². The third-order valence-corrected chi connectivity index (χ3v) is 3.48. The summed E-state index contributed by atoms with van der Waals surface area (Å²) in [4.78, 5) is 35.8. The Balaban J connectivity index is 1.99. The van der Waals surface area contributed by atoms with Crippen molar-refractivity contribution in [2.45, 2.75) is 0 Å². The number of amides is 2. The van der Waals surface area contributed by atoms with Crippen LogP contribution in [-0.2, 0) is 9.59 Å². The van der Waals surface area contributed by atoms with Crippen LogP contribution in [0.2, 0.25) is 0 Å². The maximum Gasteiger partial charge on any atom is 0.433 e. The van der Waals surface area contributed by atoms with E-state index in [1.165, 1.54) is 11.0 Å². The number of rotatable bonds is 3. The molecule has 1 aromatic heterocycles. The van der Waals surface area contributed by atoms with E-state index in [4.69, 9.17) is 16.6 Å². The zero-order chi connectivity index (χ0) is 17.3. The summed E-state index contributed by atoms with van der Waals surface area (Å²) in [5.74, 6) is -1.81. The Morgan fingerprint density at radius 1 is 1.17 bits per heavy atom. The van der Waals surface area contributed by atoms with Crippen molar-refractivity contribution in [2.24, 2.45) is 0 Å². The molecule has 2 heterocycles. The molecular formula is C15H9N3O5S. The molecule has 0 aliphatic carbocycles. The minimum Gasteiger partial charge on any atom is -0.401 e. The lowest BCUT2D eigenvalue weighted by Gasteiger charge is -2.28. The molecule has 2 aromatic rings. The minimum atomic E-state index is -0.712. The van der Waals surface area contributed by atoms with E-state index in [1.54, 1.807) is 30.3 Å². The molecule has 1 N–H and O–H groups in total. The van der Waals surface area contributed by atoms with Crippen LogP contribution in [0.1, 0.15) is 5.76 Å². The minimum absolute atomic E-state index is 0.0148. The third-order valence-electron chi connectivity index (χ3n) is 3.20. The van der Waals surface area contributed by atoms with Crippen LogP contribution < -0.4 is 10.2 Å². The van der Waals surface area contributed by atoms with Crippen LogP contribution in [0.3, 0.4) is 0 Å². The summed E-state index contributed by atoms with van der Waals surface area (Å²) in [7, 11) is 0. The zero-order valence-corrected chi connectivity index (χ0v) is 12.8. The third kappa shape index (κ3) is 2.79. The van der Waals surface area contributed by atoms with Gasteiger partial charge in [0.2, 0.25) is 0 Å². The number of thiocarbonyl (C=S) groups is 1. The molecule has 1 saturated heterocycles. The molecule has 2 amide bonds. The molecule has 0 saturated carbocycles. The monoisotopic (exact) mass is 343 g/mol. The predicted molar refractivity (Wildman–Crippen MR) is 88.0 cm³/mol. The van der Waals surface area contributed by atoms with E-state index in [2.05, 4.69) is 5.32 Å². The maximum absolute atomic E-state index is 12.6. The van der Waals surface area contributed by atoms with Crippen molar-refractivity contribution in [3.63, 3.8) is 0 Å². The van der Waals surface area contributed by atoms with E-state index in [9.17, 15) is 19.7 Å². The molecule has 120 valence electrons. The molecule has 8 nitrogen and oxygen atoms in total. The molecule has 0 atom stereocenters. The van der Waals surface area contributed by atoms with Crippen LogP contribution in [0, 0.1) is 10.1 Å². The van der Waals surface area contributed by atoms with Gasteiger partial charge < -0.3 is 4.42 Å². The zero-order valence-electron chi connectivity index (χ0n) is 12.0. The molecule has 1 fully saturated rings. The fourth-order valence-corrected chi connectivity index (χ4v) is 2.41. The first kappa shape index (κ1) is 15.6. The average molecular weight is 343 g/mol. The highest BCUT2D eigenvalue weighted by molar-refractivity contribution is 7.80. The Morgan fingerprint density at radius 3 is 2.50 bits per heavy atom. The number of furan rings is 1. The first-order chi connectivity index (χ1) is 11.5. The Morgan fingerprint density at radius 2 is 1.88 bits per heavy atom. The predicted octanol–water partition coefficient (Wildman–Crippen LogP) is 2.02. The number of nitro groups is 1. The number of anilines is 1. The van der Waals surface area contributed by atoms with Crippen LogP contribution in [0.15, 0.2) is 52.5 Å². The van der Waals surface area contributed by atoms with Gasteiger partial charge in [0.1, 0.15) is 16.3 Å². The summed E-state index contributed by atoms with van der Waals surface area (Å²) in [5, 5.41) is 13.0. The summed E-state index contributed by atoms with van der Waals surface area (Å²) < 4.78 is 4.95. The SMILES string of the molecule is O=C1NC(=S)N(c2ccccc2)C(=O)/C1=C/c1ccc([N+](=O)[O-])o1. The van der Waals surface area contributed by atoms with E-state index in [0.717, 1.165) is 12.1 Å². The van der Waals surface area contributed by atoms with Crippen molar-refractivity contribution in [1.82, 2.24) is 5.32 Å². The quantitative estimate of drug-likeness (QED) is 0.300. The standard InChI is InChI=1S/C15H9N3O5S/c19-13-11(8-10-6-7-12(23-10)18(21)22)14(20)17(15(24)16-13)9-4-2-1-3-5-9/h1-8H,(H,16,19,24)/b11-8+. The largest absolute Gasteiger partial charge is 0.433 e. The number of benzene rings is 1. The van der Waals surface area contributed by atoms with E-state index < -0.39 is 22.6 Å². The van der Waals surface area contributed by atoms with Crippen LogP contribution in [0.25, 0.3) is 6.08 Å². The van der Waals surface area contributed by atoms with Gasteiger partial charge in [-0.05, 0) is 36.5 Å². The lowest BCUT2D eigenvalue weighted by molar-refractivity contribution is -0.402. The van der Waals surface area contributed by atoms with Gasteiger partial charge in [0.15, 0.2) is 5.11 Å². The topological polar surface area (TPSA) is 106 Å². The van der Waals surface area contributed by atoms with Crippen molar-refractivity contribution in [2.75, 3.05) is 4.90 Å². The maximum atomic E-state index is 12.6. The normalized spacial score (nSPS) is 16.4. The fraction of sp³-hybridized carbons (Fsp3) is 0. The number of hydrogen-bond acceptors (Lipinski definition) is 6. The average Bonchev–Trinajstić information content (AvgIpc) is 3.01. The molecule has 1 aromatic carbocycles. The molecule has 3 rings (SSSR count). The number of para-hydroxylation sites is 1. The van der Waals surface area contributed by atoms with Crippen LogP contribution >= 0.6 is 12.2 Å². The van der Waals surface area contributed by atoms with Crippen molar-refractivity contribution in [1.29, 1.82) is 0 Å². The van der Waals surface area contributed by atoms with Crippen molar-refractivity contribution in [3.05, 3.63) is 63.9 Å². The number of nitrogens with one attached hydrogen (secondary N) is 1. The first-order valence-electron chi connectivity index (χ1n) is 6.68. The van der Waals surface area contributed by atoms with E-state index in [-0.39, 0.29) is 16.4 Å². The van der Waals surface area contributed by atoms with Gasteiger partial charge in [-0.15, -0.1) is 0 Å². The Bertz CT molecular complexity index is 888. The van der Waals surface area contributed by atoms with Gasteiger partial charge in [-0.3, -0.25) is 29.9 Å². The summed E-state index contributed by atoms with van der Waals surface area (Å²) in [6.45, 7) is 0. The van der Waals surface area contributed by atoms with Gasteiger partial charge in [-0.2, -0.15) is 0 Å². The van der Waals surface area contributed by atoms with Gasteiger partial charge in [0.25, 0.3) is 11.8 Å². The second kappa shape index (κ2) is 6.05. The summed E-state index contributed by atoms with van der Waals surface area (Å²) in [6.07, 6.45) is 1.14. The molecule has 9 heteroatoms. The summed E-state index contributed by atoms with van der Waals surface area (Å²) in [5.41, 5.74) is 0.250. The highest BCUT2D eigenvalue weighted by Crippen LogP contribution is 2.23.